The second-order valence-electron chi connectivity index (χ2n) is 5.53. The molecule has 17 heavy (non-hydrogen) atoms. The lowest BCUT2D eigenvalue weighted by molar-refractivity contribution is -0.123. The number of carbonyl (C=O) groups is 1. The van der Waals surface area contributed by atoms with Crippen LogP contribution >= 0.6 is 0 Å². The van der Waals surface area contributed by atoms with Crippen LogP contribution in [0.15, 0.2) is 0 Å². The Labute approximate surface area is 105 Å². The largest absolute Gasteiger partial charge is 0.299 e. The first-order chi connectivity index (χ1) is 8.22. The van der Waals surface area contributed by atoms with Crippen molar-refractivity contribution < 1.29 is 4.79 Å². The molecular weight excluding hydrogens is 212 g/mol. The van der Waals surface area contributed by atoms with Crippen molar-refractivity contribution in [3.05, 3.63) is 0 Å². The summed E-state index contributed by atoms with van der Waals surface area (Å²) in [7, 11) is 0. The predicted octanol–water partition coefficient (Wildman–Crippen LogP) is 1.91. The van der Waals surface area contributed by atoms with Gasteiger partial charge in [-0.3, -0.25) is 14.6 Å². The van der Waals surface area contributed by atoms with Crippen LogP contribution in [0.5, 0.6) is 0 Å². The molecule has 3 heteroatoms. The molecule has 2 fully saturated rings. The van der Waals surface area contributed by atoms with E-state index in [4.69, 9.17) is 0 Å². The van der Waals surface area contributed by atoms with Crippen LogP contribution < -0.4 is 0 Å². The molecule has 2 rings (SSSR count). The summed E-state index contributed by atoms with van der Waals surface area (Å²) in [4.78, 5) is 16.8. The molecule has 0 aromatic carbocycles. The summed E-state index contributed by atoms with van der Waals surface area (Å²) >= 11 is 0. The Morgan fingerprint density at radius 1 is 1.24 bits per heavy atom. The van der Waals surface area contributed by atoms with E-state index in [1.54, 1.807) is 0 Å². The highest BCUT2D eigenvalue weighted by molar-refractivity contribution is 5.83. The Hall–Kier alpha value is -0.410. The molecule has 98 valence electrons. The number of hydrogen-bond acceptors (Lipinski definition) is 3. The van der Waals surface area contributed by atoms with Gasteiger partial charge in [0.2, 0.25) is 0 Å². The third-order valence-electron chi connectivity index (χ3n) is 4.46. The van der Waals surface area contributed by atoms with Crippen molar-refractivity contribution in [2.45, 2.75) is 58.0 Å². The first-order valence-electron chi connectivity index (χ1n) is 7.23. The van der Waals surface area contributed by atoms with Crippen LogP contribution in [0.2, 0.25) is 0 Å². The quantitative estimate of drug-likeness (QED) is 0.747. The highest BCUT2D eigenvalue weighted by atomic mass is 16.1. The zero-order valence-electron chi connectivity index (χ0n) is 11.3. The summed E-state index contributed by atoms with van der Waals surface area (Å²) in [6.45, 7) is 8.80. The van der Waals surface area contributed by atoms with Crippen LogP contribution in [0.3, 0.4) is 0 Å². The monoisotopic (exact) mass is 238 g/mol. The molecule has 2 aliphatic heterocycles. The zero-order valence-corrected chi connectivity index (χ0v) is 11.3. The smallest absolute Gasteiger partial charge is 0.149 e. The van der Waals surface area contributed by atoms with Gasteiger partial charge in [-0.1, -0.05) is 13.3 Å². The lowest BCUT2D eigenvalue weighted by Gasteiger charge is -2.32. The van der Waals surface area contributed by atoms with E-state index in [-0.39, 0.29) is 6.04 Å². The Kier molecular flexibility index (Phi) is 4.57. The van der Waals surface area contributed by atoms with Crippen LogP contribution in [0, 0.1) is 0 Å². The minimum absolute atomic E-state index is 0.134. The van der Waals surface area contributed by atoms with Gasteiger partial charge in [0, 0.05) is 25.6 Å². The molecular formula is C14H26N2O. The number of ketones is 1. The van der Waals surface area contributed by atoms with Gasteiger partial charge < -0.3 is 0 Å². The maximum Gasteiger partial charge on any atom is 0.149 e. The van der Waals surface area contributed by atoms with E-state index in [0.29, 0.717) is 18.2 Å². The normalized spacial score (nSPS) is 29.4. The number of piperidine rings is 1. The maximum absolute atomic E-state index is 11.7. The number of carbonyl (C=O) groups excluding carboxylic acids is 1. The van der Waals surface area contributed by atoms with Gasteiger partial charge in [-0.25, -0.2) is 0 Å². The summed E-state index contributed by atoms with van der Waals surface area (Å²) in [6, 6.07) is 0.845. The molecule has 0 aliphatic carbocycles. The molecule has 0 radical (unpaired) electrons. The van der Waals surface area contributed by atoms with Crippen LogP contribution in [0.25, 0.3) is 0 Å². The van der Waals surface area contributed by atoms with Crippen molar-refractivity contribution in [2.75, 3.05) is 26.2 Å². The molecule has 2 unspecified atom stereocenters. The fourth-order valence-electron chi connectivity index (χ4n) is 3.20. The topological polar surface area (TPSA) is 23.6 Å². The Bertz CT molecular complexity index is 261. The minimum atomic E-state index is 0.134. The summed E-state index contributed by atoms with van der Waals surface area (Å²) in [6.07, 6.45) is 6.05. The van der Waals surface area contributed by atoms with E-state index < -0.39 is 0 Å². The Morgan fingerprint density at radius 2 is 1.94 bits per heavy atom. The van der Waals surface area contributed by atoms with Crippen molar-refractivity contribution in [1.29, 1.82) is 0 Å². The van der Waals surface area contributed by atoms with E-state index in [1.807, 2.05) is 6.92 Å². The van der Waals surface area contributed by atoms with Gasteiger partial charge in [-0.2, -0.15) is 0 Å². The molecule has 2 saturated heterocycles. The first kappa shape index (κ1) is 13.0. The minimum Gasteiger partial charge on any atom is -0.299 e. The molecule has 0 N–H and O–H groups in total. The average Bonchev–Trinajstić information content (AvgIpc) is 2.87. The van der Waals surface area contributed by atoms with Crippen LogP contribution in [0.1, 0.15) is 46.0 Å². The van der Waals surface area contributed by atoms with E-state index in [9.17, 15) is 4.79 Å². The fraction of sp³-hybridized carbons (Fsp3) is 0.929. The van der Waals surface area contributed by atoms with Crippen LogP contribution in [-0.2, 0) is 4.79 Å². The summed E-state index contributed by atoms with van der Waals surface area (Å²) < 4.78 is 0. The fourth-order valence-corrected chi connectivity index (χ4v) is 3.20. The van der Waals surface area contributed by atoms with Crippen LogP contribution in [0.4, 0.5) is 0 Å². The van der Waals surface area contributed by atoms with Crippen LogP contribution in [-0.4, -0.2) is 53.8 Å². The lowest BCUT2D eigenvalue weighted by atomic mass is 10.1. The lowest BCUT2D eigenvalue weighted by Crippen LogP contribution is -2.43. The predicted molar refractivity (Wildman–Crippen MR) is 70.2 cm³/mol. The molecule has 0 spiro atoms. The third kappa shape index (κ3) is 3.08. The number of likely N-dealkylation sites (tertiary alicyclic amines) is 2. The van der Waals surface area contributed by atoms with E-state index in [2.05, 4.69) is 16.7 Å². The standard InChI is InChI=1S/C14H26N2O/c1-3-14(17)12(2)16-10-7-13(11-16)15-8-5-4-6-9-15/h12-13H,3-11H2,1-2H3. The SMILES string of the molecule is CCC(=O)C(C)N1CCC(N2CCCCC2)C1. The molecule has 0 saturated carbocycles. The Balaban J connectivity index is 1.84. The molecule has 0 amide bonds. The first-order valence-corrected chi connectivity index (χ1v) is 7.23. The van der Waals surface area contributed by atoms with E-state index in [1.165, 1.54) is 38.8 Å². The highest BCUT2D eigenvalue weighted by Crippen LogP contribution is 2.22. The van der Waals surface area contributed by atoms with Gasteiger partial charge in [0.1, 0.15) is 5.78 Å². The number of hydrogen-bond donors (Lipinski definition) is 0. The highest BCUT2D eigenvalue weighted by Gasteiger charge is 2.32. The molecule has 0 bridgehead atoms. The summed E-state index contributed by atoms with van der Waals surface area (Å²) in [5, 5.41) is 0. The van der Waals surface area contributed by atoms with Crippen molar-refractivity contribution in [3.8, 4) is 0 Å². The van der Waals surface area contributed by atoms with Crippen molar-refractivity contribution in [3.63, 3.8) is 0 Å². The van der Waals surface area contributed by atoms with E-state index >= 15 is 0 Å². The number of nitrogens with zero attached hydrogens (tertiary/aromatic N) is 2. The second-order valence-corrected chi connectivity index (χ2v) is 5.53. The molecule has 2 heterocycles. The van der Waals surface area contributed by atoms with E-state index in [0.717, 1.165) is 13.1 Å². The summed E-state index contributed by atoms with van der Waals surface area (Å²) in [5.41, 5.74) is 0. The molecule has 3 nitrogen and oxygen atoms in total. The van der Waals surface area contributed by atoms with Gasteiger partial charge in [-0.15, -0.1) is 0 Å². The van der Waals surface area contributed by atoms with Gasteiger partial charge in [0.05, 0.1) is 6.04 Å². The summed E-state index contributed by atoms with van der Waals surface area (Å²) in [5.74, 6) is 0.393. The van der Waals surface area contributed by atoms with Crippen molar-refractivity contribution >= 4 is 5.78 Å². The molecule has 0 aromatic heterocycles. The number of rotatable bonds is 4. The second kappa shape index (κ2) is 5.96. The van der Waals surface area contributed by atoms with Crippen molar-refractivity contribution in [1.82, 2.24) is 9.80 Å². The maximum atomic E-state index is 11.7. The zero-order chi connectivity index (χ0) is 12.3. The molecule has 2 aliphatic rings. The van der Waals surface area contributed by atoms with Crippen molar-refractivity contribution in [2.24, 2.45) is 0 Å². The van der Waals surface area contributed by atoms with Gasteiger partial charge in [0.15, 0.2) is 0 Å². The van der Waals surface area contributed by atoms with Gasteiger partial charge >= 0.3 is 0 Å². The molecule has 2 atom stereocenters. The average molecular weight is 238 g/mol. The van der Waals surface area contributed by atoms with Gasteiger partial charge in [0.25, 0.3) is 0 Å². The van der Waals surface area contributed by atoms with Gasteiger partial charge in [-0.05, 0) is 39.3 Å². The Morgan fingerprint density at radius 3 is 2.59 bits per heavy atom. The number of Topliss-reactive ketones (excluding diaryl/α,β-unsaturated/α-hetero) is 1. The molecule has 0 aromatic rings. The third-order valence-corrected chi connectivity index (χ3v) is 4.46.